The maximum absolute atomic E-state index is 13.8. The molecular weight excluding hydrogens is 275 g/mol. The molecule has 2 aromatic rings. The van der Waals surface area contributed by atoms with Gasteiger partial charge in [0.25, 0.3) is 0 Å². The van der Waals surface area contributed by atoms with Gasteiger partial charge >= 0.3 is 0 Å². The molecule has 1 unspecified atom stereocenters. The van der Waals surface area contributed by atoms with Crippen molar-refractivity contribution in [3.63, 3.8) is 0 Å². The minimum atomic E-state index is -0.621. The van der Waals surface area contributed by atoms with Crippen LogP contribution in [0.3, 0.4) is 0 Å². The first-order valence-corrected chi connectivity index (χ1v) is 7.01. The van der Waals surface area contributed by atoms with Crippen molar-refractivity contribution in [1.82, 2.24) is 0 Å². The summed E-state index contributed by atoms with van der Waals surface area (Å²) in [6.45, 7) is 4.05. The third kappa shape index (κ3) is 3.81. The summed E-state index contributed by atoms with van der Waals surface area (Å²) in [6.07, 6.45) is 0.151. The van der Waals surface area contributed by atoms with Crippen molar-refractivity contribution in [3.05, 3.63) is 69.5 Å². The molecule has 0 amide bonds. The molecule has 0 aliphatic rings. The number of aliphatic hydroxyl groups is 1. The van der Waals surface area contributed by atoms with Crippen LogP contribution in [0.4, 0.5) is 4.39 Å². The molecule has 0 aliphatic heterocycles. The summed E-state index contributed by atoms with van der Waals surface area (Å²) < 4.78 is 13.8. The highest BCUT2D eigenvalue weighted by atomic mass is 35.5. The molecule has 0 saturated heterocycles. The largest absolute Gasteiger partial charge is 0.392 e. The lowest BCUT2D eigenvalue weighted by Crippen LogP contribution is -2.15. The predicted octanol–water partition coefficient (Wildman–Crippen LogP) is 4.24. The van der Waals surface area contributed by atoms with E-state index in [2.05, 4.69) is 6.07 Å². The van der Waals surface area contributed by atoms with Gasteiger partial charge in [0.2, 0.25) is 0 Å². The SMILES string of the molecule is Cc1cc(C)cc(CC(O)Cc2cccc(Cl)c2F)c1. The van der Waals surface area contributed by atoms with Gasteiger partial charge in [-0.1, -0.05) is 53.1 Å². The molecule has 2 aromatic carbocycles. The Morgan fingerprint density at radius 2 is 1.75 bits per heavy atom. The standard InChI is InChI=1S/C17H18ClFO/c1-11-6-12(2)8-13(7-11)9-15(20)10-14-4-3-5-16(18)17(14)19/h3-8,15,20H,9-10H2,1-2H3. The van der Waals surface area contributed by atoms with Crippen LogP contribution >= 0.6 is 11.6 Å². The molecule has 1 atom stereocenters. The maximum Gasteiger partial charge on any atom is 0.145 e. The topological polar surface area (TPSA) is 20.2 Å². The van der Waals surface area contributed by atoms with Crippen LogP contribution in [0.5, 0.6) is 0 Å². The Bertz CT molecular complexity index is 590. The van der Waals surface area contributed by atoms with Gasteiger partial charge < -0.3 is 5.11 Å². The van der Waals surface area contributed by atoms with Crippen LogP contribution in [0.1, 0.15) is 22.3 Å². The second-order valence-electron chi connectivity index (χ2n) is 5.27. The Morgan fingerprint density at radius 1 is 1.10 bits per heavy atom. The molecule has 0 fully saturated rings. The van der Waals surface area contributed by atoms with E-state index in [1.807, 2.05) is 26.0 Å². The van der Waals surface area contributed by atoms with Gasteiger partial charge in [0.05, 0.1) is 11.1 Å². The van der Waals surface area contributed by atoms with E-state index in [0.717, 1.165) is 5.56 Å². The van der Waals surface area contributed by atoms with Gasteiger partial charge in [-0.3, -0.25) is 0 Å². The molecule has 3 heteroatoms. The molecule has 0 heterocycles. The van der Waals surface area contributed by atoms with Crippen LogP contribution in [0.2, 0.25) is 5.02 Å². The van der Waals surface area contributed by atoms with Crippen LogP contribution in [0, 0.1) is 19.7 Å². The van der Waals surface area contributed by atoms with E-state index in [1.54, 1.807) is 12.1 Å². The number of aliphatic hydroxyl groups excluding tert-OH is 1. The minimum absolute atomic E-state index is 0.0982. The molecule has 1 N–H and O–H groups in total. The Kier molecular flexibility index (Phi) is 4.79. The van der Waals surface area contributed by atoms with E-state index >= 15 is 0 Å². The molecule has 0 bridgehead atoms. The summed E-state index contributed by atoms with van der Waals surface area (Å²) in [5.74, 6) is -0.436. The van der Waals surface area contributed by atoms with Crippen molar-refractivity contribution in [1.29, 1.82) is 0 Å². The number of benzene rings is 2. The second kappa shape index (κ2) is 6.38. The average Bonchev–Trinajstić information content (AvgIpc) is 2.33. The molecule has 0 radical (unpaired) electrons. The number of rotatable bonds is 4. The fourth-order valence-electron chi connectivity index (χ4n) is 2.49. The van der Waals surface area contributed by atoms with Crippen molar-refractivity contribution >= 4 is 11.6 Å². The van der Waals surface area contributed by atoms with Crippen LogP contribution < -0.4 is 0 Å². The van der Waals surface area contributed by atoms with Crippen LogP contribution in [-0.4, -0.2) is 11.2 Å². The molecule has 106 valence electrons. The molecule has 0 aromatic heterocycles. The quantitative estimate of drug-likeness (QED) is 0.893. The van der Waals surface area contributed by atoms with Crippen LogP contribution in [-0.2, 0) is 12.8 Å². The monoisotopic (exact) mass is 292 g/mol. The van der Waals surface area contributed by atoms with Crippen molar-refractivity contribution in [2.45, 2.75) is 32.8 Å². The van der Waals surface area contributed by atoms with E-state index in [-0.39, 0.29) is 11.4 Å². The number of hydrogen-bond acceptors (Lipinski definition) is 1. The van der Waals surface area contributed by atoms with E-state index in [9.17, 15) is 9.50 Å². The molecule has 20 heavy (non-hydrogen) atoms. The molecule has 0 saturated carbocycles. The highest BCUT2D eigenvalue weighted by Crippen LogP contribution is 2.20. The lowest BCUT2D eigenvalue weighted by Gasteiger charge is -2.13. The van der Waals surface area contributed by atoms with Gasteiger partial charge in [0.15, 0.2) is 0 Å². The first kappa shape index (κ1) is 15.0. The highest BCUT2D eigenvalue weighted by Gasteiger charge is 2.12. The summed E-state index contributed by atoms with van der Waals surface area (Å²) in [5.41, 5.74) is 3.86. The van der Waals surface area contributed by atoms with Gasteiger partial charge in [0.1, 0.15) is 5.82 Å². The zero-order valence-electron chi connectivity index (χ0n) is 11.7. The molecular formula is C17H18ClFO. The van der Waals surface area contributed by atoms with Gasteiger partial charge in [-0.2, -0.15) is 0 Å². The second-order valence-corrected chi connectivity index (χ2v) is 5.68. The zero-order valence-corrected chi connectivity index (χ0v) is 12.4. The summed E-state index contributed by atoms with van der Waals surface area (Å²) in [4.78, 5) is 0. The molecule has 0 spiro atoms. The lowest BCUT2D eigenvalue weighted by molar-refractivity contribution is 0.174. The van der Waals surface area contributed by atoms with Crippen molar-refractivity contribution in [2.24, 2.45) is 0 Å². The van der Waals surface area contributed by atoms with E-state index in [0.29, 0.717) is 12.0 Å². The van der Waals surface area contributed by atoms with Gasteiger partial charge in [-0.15, -0.1) is 0 Å². The summed E-state index contributed by atoms with van der Waals surface area (Å²) >= 11 is 5.74. The zero-order chi connectivity index (χ0) is 14.7. The minimum Gasteiger partial charge on any atom is -0.392 e. The average molecular weight is 293 g/mol. The Morgan fingerprint density at radius 3 is 2.40 bits per heavy atom. The van der Waals surface area contributed by atoms with Gasteiger partial charge in [0, 0.05) is 6.42 Å². The van der Waals surface area contributed by atoms with E-state index in [1.165, 1.54) is 17.2 Å². The molecule has 0 aliphatic carbocycles. The molecule has 1 nitrogen and oxygen atoms in total. The smallest absolute Gasteiger partial charge is 0.145 e. The maximum atomic E-state index is 13.8. The summed E-state index contributed by atoms with van der Waals surface area (Å²) in [5, 5.41) is 10.2. The predicted molar refractivity (Wildman–Crippen MR) is 80.7 cm³/mol. The normalized spacial score (nSPS) is 12.4. The van der Waals surface area contributed by atoms with Gasteiger partial charge in [-0.25, -0.2) is 4.39 Å². The summed E-state index contributed by atoms with van der Waals surface area (Å²) in [7, 11) is 0. The Balaban J connectivity index is 2.09. The van der Waals surface area contributed by atoms with Crippen molar-refractivity contribution in [3.8, 4) is 0 Å². The third-order valence-corrected chi connectivity index (χ3v) is 3.53. The van der Waals surface area contributed by atoms with E-state index < -0.39 is 11.9 Å². The highest BCUT2D eigenvalue weighted by molar-refractivity contribution is 6.30. The number of aryl methyl sites for hydroxylation is 2. The summed E-state index contributed by atoms with van der Waals surface area (Å²) in [6, 6.07) is 11.1. The first-order valence-electron chi connectivity index (χ1n) is 6.64. The fraction of sp³-hybridized carbons (Fsp3) is 0.294. The number of hydrogen-bond donors (Lipinski definition) is 1. The third-order valence-electron chi connectivity index (χ3n) is 3.24. The van der Waals surface area contributed by atoms with Crippen molar-refractivity contribution in [2.75, 3.05) is 0 Å². The first-order chi connectivity index (χ1) is 9.45. The van der Waals surface area contributed by atoms with E-state index in [4.69, 9.17) is 11.6 Å². The lowest BCUT2D eigenvalue weighted by atomic mass is 9.98. The fourth-order valence-corrected chi connectivity index (χ4v) is 2.69. The van der Waals surface area contributed by atoms with Crippen LogP contribution in [0.25, 0.3) is 0 Å². The van der Waals surface area contributed by atoms with Crippen LogP contribution in [0.15, 0.2) is 36.4 Å². The number of halogens is 2. The molecule has 2 rings (SSSR count). The van der Waals surface area contributed by atoms with Gasteiger partial charge in [-0.05, 0) is 37.5 Å². The van der Waals surface area contributed by atoms with Crippen molar-refractivity contribution < 1.29 is 9.50 Å². The Labute approximate surface area is 124 Å². The Hall–Kier alpha value is -1.38.